The van der Waals surface area contributed by atoms with Crippen LogP contribution >= 0.6 is 11.3 Å². The molecule has 0 radical (unpaired) electrons. The van der Waals surface area contributed by atoms with E-state index in [0.29, 0.717) is 32.9 Å². The molecule has 0 atom stereocenters. The van der Waals surface area contributed by atoms with Crippen molar-refractivity contribution in [2.75, 3.05) is 32.0 Å². The highest BCUT2D eigenvalue weighted by Crippen LogP contribution is 2.40. The van der Waals surface area contributed by atoms with Gasteiger partial charge in [0.25, 0.3) is 5.91 Å². The molecule has 2 aromatic heterocycles. The Morgan fingerprint density at radius 2 is 1.72 bits per heavy atom. The number of hydrogen-bond donors (Lipinski definition) is 2. The van der Waals surface area contributed by atoms with Crippen molar-refractivity contribution < 1.29 is 19.0 Å². The molecule has 4 rings (SSSR count). The van der Waals surface area contributed by atoms with Crippen molar-refractivity contribution in [3.8, 4) is 22.9 Å². The molecule has 0 unspecified atom stereocenters. The van der Waals surface area contributed by atoms with Crippen LogP contribution in [0, 0.1) is 0 Å². The van der Waals surface area contributed by atoms with Crippen LogP contribution in [0.1, 0.15) is 9.67 Å². The Morgan fingerprint density at radius 1 is 1.00 bits per heavy atom. The Balaban J connectivity index is 1.45. The second kappa shape index (κ2) is 9.40. The van der Waals surface area contributed by atoms with Crippen molar-refractivity contribution in [1.29, 1.82) is 0 Å². The predicted octanol–water partition coefficient (Wildman–Crippen LogP) is 4.35. The molecule has 164 valence electrons. The fourth-order valence-corrected chi connectivity index (χ4v) is 3.77. The highest BCUT2D eigenvalue weighted by molar-refractivity contribution is 7.17. The van der Waals surface area contributed by atoms with Crippen molar-refractivity contribution in [3.05, 3.63) is 66.2 Å². The van der Waals surface area contributed by atoms with Crippen molar-refractivity contribution in [2.45, 2.75) is 0 Å². The van der Waals surface area contributed by atoms with Crippen molar-refractivity contribution in [2.24, 2.45) is 0 Å². The highest BCUT2D eigenvalue weighted by atomic mass is 32.1. The molecular weight excluding hydrogens is 430 g/mol. The summed E-state index contributed by atoms with van der Waals surface area (Å²) in [6, 6.07) is 11.1. The minimum Gasteiger partial charge on any atom is -0.493 e. The summed E-state index contributed by atoms with van der Waals surface area (Å²) in [6.07, 6.45) is 6.87. The number of nitrogens with one attached hydrogen (secondary N) is 2. The number of carbonyl (C=O) groups excluding carboxylic acids is 1. The van der Waals surface area contributed by atoms with Gasteiger partial charge in [-0.3, -0.25) is 4.79 Å². The molecule has 2 heterocycles. The number of rotatable bonds is 8. The highest BCUT2D eigenvalue weighted by Gasteiger charge is 2.16. The van der Waals surface area contributed by atoms with Gasteiger partial charge in [-0.15, -0.1) is 0 Å². The maximum Gasteiger partial charge on any atom is 0.267 e. The van der Waals surface area contributed by atoms with Crippen LogP contribution in [-0.4, -0.2) is 41.8 Å². The number of benzene rings is 2. The molecule has 0 bridgehead atoms. The lowest BCUT2D eigenvalue weighted by Gasteiger charge is -2.14. The fraction of sp³-hybridized carbons (Fsp3) is 0.136. The molecule has 32 heavy (non-hydrogen) atoms. The third-order valence-corrected chi connectivity index (χ3v) is 5.48. The van der Waals surface area contributed by atoms with Gasteiger partial charge >= 0.3 is 0 Å². The maximum absolute atomic E-state index is 12.7. The van der Waals surface area contributed by atoms with Crippen LogP contribution in [0.5, 0.6) is 17.2 Å². The number of anilines is 3. The number of nitrogens with zero attached hydrogens (tertiary/aromatic N) is 3. The van der Waals surface area contributed by atoms with E-state index in [4.69, 9.17) is 14.2 Å². The van der Waals surface area contributed by atoms with E-state index in [9.17, 15) is 4.79 Å². The Morgan fingerprint density at radius 3 is 2.31 bits per heavy atom. The van der Waals surface area contributed by atoms with Gasteiger partial charge < -0.3 is 29.4 Å². The first-order valence-corrected chi connectivity index (χ1v) is 10.4. The summed E-state index contributed by atoms with van der Waals surface area (Å²) < 4.78 is 17.9. The summed E-state index contributed by atoms with van der Waals surface area (Å²) in [7, 11) is 4.56. The molecular formula is C22H21N5O4S. The molecule has 10 heteroatoms. The van der Waals surface area contributed by atoms with E-state index in [-0.39, 0.29) is 5.91 Å². The number of carbonyl (C=O) groups is 1. The van der Waals surface area contributed by atoms with Crippen molar-refractivity contribution in [1.82, 2.24) is 14.5 Å². The van der Waals surface area contributed by atoms with Crippen LogP contribution in [0.15, 0.2) is 61.3 Å². The summed E-state index contributed by atoms with van der Waals surface area (Å²) in [6.45, 7) is 0. The molecule has 9 nitrogen and oxygen atoms in total. The lowest BCUT2D eigenvalue weighted by Crippen LogP contribution is -2.10. The standard InChI is InChI=1S/C22H21N5O4S/c1-29-17-10-15(11-18(30-2)20(17)31-3)25-21(28)19-12-24-22(32-19)26-14-4-6-16(7-5-14)27-9-8-23-13-27/h4-13H,1-3H3,(H,24,26)(H,25,28). The molecule has 0 aliphatic carbocycles. The fourth-order valence-electron chi connectivity index (χ4n) is 3.04. The van der Waals surface area contributed by atoms with Crippen LogP contribution in [0.3, 0.4) is 0 Å². The Bertz CT molecular complexity index is 1180. The summed E-state index contributed by atoms with van der Waals surface area (Å²) >= 11 is 1.25. The van der Waals surface area contributed by atoms with Gasteiger partial charge in [-0.05, 0) is 24.3 Å². The summed E-state index contributed by atoms with van der Waals surface area (Å²) in [5.41, 5.74) is 2.37. The SMILES string of the molecule is COc1cc(NC(=O)c2cnc(Nc3ccc(-n4ccnc4)cc3)s2)cc(OC)c1OC. The first-order chi connectivity index (χ1) is 15.6. The minimum absolute atomic E-state index is 0.291. The largest absolute Gasteiger partial charge is 0.493 e. The third kappa shape index (κ3) is 4.49. The van der Waals surface area contributed by atoms with Gasteiger partial charge in [0, 0.05) is 41.6 Å². The third-order valence-electron chi connectivity index (χ3n) is 4.57. The number of amides is 1. The number of hydrogen-bond acceptors (Lipinski definition) is 8. The quantitative estimate of drug-likeness (QED) is 0.411. The van der Waals surface area contributed by atoms with Gasteiger partial charge in [-0.25, -0.2) is 9.97 Å². The number of thiazole rings is 1. The van der Waals surface area contributed by atoms with Crippen LogP contribution in [0.4, 0.5) is 16.5 Å². The molecule has 0 aliphatic rings. The number of methoxy groups -OCH3 is 3. The molecule has 2 N–H and O–H groups in total. The maximum atomic E-state index is 12.7. The van der Waals surface area contributed by atoms with E-state index in [1.807, 2.05) is 35.0 Å². The van der Waals surface area contributed by atoms with E-state index in [1.165, 1.54) is 38.9 Å². The Hall–Kier alpha value is -4.05. The number of imidazole rings is 1. The number of aromatic nitrogens is 3. The van der Waals surface area contributed by atoms with Gasteiger partial charge in [0.2, 0.25) is 5.75 Å². The smallest absolute Gasteiger partial charge is 0.267 e. The molecule has 0 fully saturated rings. The summed E-state index contributed by atoms with van der Waals surface area (Å²) in [4.78, 5) is 21.5. The molecule has 4 aromatic rings. The molecule has 0 aliphatic heterocycles. The topological polar surface area (TPSA) is 99.5 Å². The number of ether oxygens (including phenoxy) is 3. The lowest BCUT2D eigenvalue weighted by atomic mass is 10.2. The van der Waals surface area contributed by atoms with Crippen LogP contribution in [0.25, 0.3) is 5.69 Å². The van der Waals surface area contributed by atoms with Crippen LogP contribution in [0.2, 0.25) is 0 Å². The average Bonchev–Trinajstić information content (AvgIpc) is 3.51. The first-order valence-electron chi connectivity index (χ1n) is 9.54. The van der Waals surface area contributed by atoms with E-state index < -0.39 is 0 Å². The molecule has 0 saturated carbocycles. The van der Waals surface area contributed by atoms with Gasteiger partial charge in [0.05, 0.1) is 33.9 Å². The Kier molecular flexibility index (Phi) is 6.22. The second-order valence-electron chi connectivity index (χ2n) is 6.54. The summed E-state index contributed by atoms with van der Waals surface area (Å²) in [5.74, 6) is 1.07. The first kappa shape index (κ1) is 21.2. The monoisotopic (exact) mass is 451 g/mol. The summed E-state index contributed by atoms with van der Waals surface area (Å²) in [5, 5.41) is 6.66. The van der Waals surface area contributed by atoms with Gasteiger partial charge in [0.1, 0.15) is 4.88 Å². The zero-order valence-corrected chi connectivity index (χ0v) is 18.5. The molecule has 1 amide bonds. The molecule has 0 spiro atoms. The molecule has 0 saturated heterocycles. The van der Waals surface area contributed by atoms with Crippen LogP contribution in [-0.2, 0) is 0 Å². The van der Waals surface area contributed by atoms with Crippen LogP contribution < -0.4 is 24.8 Å². The van der Waals surface area contributed by atoms with Gasteiger partial charge in [-0.1, -0.05) is 11.3 Å². The molecule has 2 aromatic carbocycles. The van der Waals surface area contributed by atoms with E-state index >= 15 is 0 Å². The van der Waals surface area contributed by atoms with E-state index in [0.717, 1.165) is 11.4 Å². The zero-order chi connectivity index (χ0) is 22.5. The zero-order valence-electron chi connectivity index (χ0n) is 17.7. The minimum atomic E-state index is -0.291. The van der Waals surface area contributed by atoms with Crippen molar-refractivity contribution in [3.63, 3.8) is 0 Å². The van der Waals surface area contributed by atoms with E-state index in [1.54, 1.807) is 24.7 Å². The second-order valence-corrected chi connectivity index (χ2v) is 7.57. The van der Waals surface area contributed by atoms with Gasteiger partial charge in [-0.2, -0.15) is 0 Å². The Labute approximate surface area is 188 Å². The normalized spacial score (nSPS) is 10.5. The van der Waals surface area contributed by atoms with Gasteiger partial charge in [0.15, 0.2) is 16.6 Å². The lowest BCUT2D eigenvalue weighted by molar-refractivity contribution is 0.103. The van der Waals surface area contributed by atoms with Crippen molar-refractivity contribution >= 4 is 33.8 Å². The predicted molar refractivity (Wildman–Crippen MR) is 123 cm³/mol. The average molecular weight is 452 g/mol. The van der Waals surface area contributed by atoms with E-state index in [2.05, 4.69) is 20.6 Å².